The summed E-state index contributed by atoms with van der Waals surface area (Å²) in [5, 5.41) is 11.9. The number of fused-ring (bicyclic) bond motifs is 1. The number of hydrogen-bond acceptors (Lipinski definition) is 4. The number of rotatable bonds is 1. The molecule has 3 N–H and O–H groups in total. The summed E-state index contributed by atoms with van der Waals surface area (Å²) < 4.78 is 0. The van der Waals surface area contributed by atoms with E-state index in [-0.39, 0.29) is 5.75 Å². The monoisotopic (exact) mass is 241 g/mol. The van der Waals surface area contributed by atoms with Crippen LogP contribution in [-0.4, -0.2) is 5.11 Å². The highest BCUT2D eigenvalue weighted by Gasteiger charge is 2.20. The molecule has 0 atom stereocenters. The van der Waals surface area contributed by atoms with Crippen LogP contribution < -0.4 is 16.0 Å². The van der Waals surface area contributed by atoms with E-state index in [4.69, 9.17) is 0 Å². The first-order chi connectivity index (χ1) is 8.65. The molecular weight excluding hydrogens is 226 g/mol. The maximum atomic E-state index is 10.1. The lowest BCUT2D eigenvalue weighted by molar-refractivity contribution is 0.471. The van der Waals surface area contributed by atoms with Crippen molar-refractivity contribution in [1.82, 2.24) is 0 Å². The Balaban J connectivity index is 2.00. The SMILES string of the molecule is Cc1cc(C)c(O)c(N2Nc3ccccc3N2)c1. The Hall–Kier alpha value is -2.36. The van der Waals surface area contributed by atoms with E-state index in [1.54, 1.807) is 5.12 Å². The molecule has 2 aromatic carbocycles. The zero-order chi connectivity index (χ0) is 12.7. The van der Waals surface area contributed by atoms with E-state index in [9.17, 15) is 5.11 Å². The van der Waals surface area contributed by atoms with Gasteiger partial charge in [0.1, 0.15) is 11.4 Å². The number of hydrogen-bond donors (Lipinski definition) is 3. The molecule has 18 heavy (non-hydrogen) atoms. The van der Waals surface area contributed by atoms with Gasteiger partial charge in [0, 0.05) is 0 Å². The average molecular weight is 241 g/mol. The average Bonchev–Trinajstić information content (AvgIpc) is 2.77. The standard InChI is InChI=1S/C14H15N3O/c1-9-7-10(2)14(18)13(8-9)17-15-11-5-3-4-6-12(11)16-17/h3-8,15-16,18H,1-2H3. The van der Waals surface area contributed by atoms with E-state index in [1.807, 2.05) is 50.2 Å². The fourth-order valence-electron chi connectivity index (χ4n) is 2.18. The zero-order valence-electron chi connectivity index (χ0n) is 10.4. The number of anilines is 3. The predicted octanol–water partition coefficient (Wildman–Crippen LogP) is 3.18. The van der Waals surface area contributed by atoms with Crippen LogP contribution in [0.25, 0.3) is 0 Å². The molecule has 0 amide bonds. The molecule has 0 unspecified atom stereocenters. The molecule has 0 aliphatic carbocycles. The molecule has 0 aromatic heterocycles. The normalized spacial score (nSPS) is 12.9. The van der Waals surface area contributed by atoms with Crippen molar-refractivity contribution in [2.24, 2.45) is 0 Å². The van der Waals surface area contributed by atoms with Crippen molar-refractivity contribution in [3.8, 4) is 5.75 Å². The van der Waals surface area contributed by atoms with Gasteiger partial charge in [-0.3, -0.25) is 10.9 Å². The van der Waals surface area contributed by atoms with Crippen LogP contribution in [0.2, 0.25) is 0 Å². The Bertz CT molecular complexity index is 585. The van der Waals surface area contributed by atoms with Crippen LogP contribution >= 0.6 is 0 Å². The van der Waals surface area contributed by atoms with Crippen LogP contribution in [-0.2, 0) is 0 Å². The van der Waals surface area contributed by atoms with Gasteiger partial charge in [0.15, 0.2) is 0 Å². The summed E-state index contributed by atoms with van der Waals surface area (Å²) in [6, 6.07) is 11.8. The van der Waals surface area contributed by atoms with Crippen LogP contribution in [0.5, 0.6) is 5.75 Å². The molecule has 0 bridgehead atoms. The molecule has 1 aliphatic rings. The molecule has 92 valence electrons. The summed E-state index contributed by atoms with van der Waals surface area (Å²) in [6.07, 6.45) is 0. The summed E-state index contributed by atoms with van der Waals surface area (Å²) in [6.45, 7) is 3.91. The molecule has 1 heterocycles. The van der Waals surface area contributed by atoms with Crippen molar-refractivity contribution in [1.29, 1.82) is 0 Å². The Morgan fingerprint density at radius 2 is 1.61 bits per heavy atom. The maximum absolute atomic E-state index is 10.1. The van der Waals surface area contributed by atoms with Gasteiger partial charge >= 0.3 is 0 Å². The molecule has 3 rings (SSSR count). The largest absolute Gasteiger partial charge is 0.505 e. The summed E-state index contributed by atoms with van der Waals surface area (Å²) in [7, 11) is 0. The third kappa shape index (κ3) is 1.62. The minimum atomic E-state index is 0.286. The molecule has 1 aliphatic heterocycles. The number of aromatic hydroxyl groups is 1. The van der Waals surface area contributed by atoms with E-state index in [2.05, 4.69) is 10.9 Å². The zero-order valence-corrected chi connectivity index (χ0v) is 10.4. The second-order valence-electron chi connectivity index (χ2n) is 4.55. The molecule has 0 spiro atoms. The lowest BCUT2D eigenvalue weighted by atomic mass is 10.1. The quantitative estimate of drug-likeness (QED) is 0.717. The lowest BCUT2D eigenvalue weighted by Crippen LogP contribution is -2.29. The Kier molecular flexibility index (Phi) is 2.30. The van der Waals surface area contributed by atoms with Gasteiger partial charge in [-0.15, -0.1) is 0 Å². The highest BCUT2D eigenvalue weighted by atomic mass is 16.3. The molecule has 4 heteroatoms. The van der Waals surface area contributed by atoms with Crippen molar-refractivity contribution < 1.29 is 5.11 Å². The molecule has 0 saturated heterocycles. The van der Waals surface area contributed by atoms with Crippen LogP contribution in [0.1, 0.15) is 11.1 Å². The van der Waals surface area contributed by atoms with E-state index in [0.29, 0.717) is 0 Å². The maximum Gasteiger partial charge on any atom is 0.145 e. The van der Waals surface area contributed by atoms with Crippen molar-refractivity contribution in [2.75, 3.05) is 16.0 Å². The first-order valence-electron chi connectivity index (χ1n) is 5.88. The van der Waals surface area contributed by atoms with Gasteiger partial charge < -0.3 is 5.11 Å². The van der Waals surface area contributed by atoms with E-state index < -0.39 is 0 Å². The topological polar surface area (TPSA) is 47.5 Å². The van der Waals surface area contributed by atoms with E-state index in [1.165, 1.54) is 0 Å². The number of nitrogens with one attached hydrogen (secondary N) is 2. The fourth-order valence-corrected chi connectivity index (χ4v) is 2.18. The van der Waals surface area contributed by atoms with Crippen LogP contribution in [0.15, 0.2) is 36.4 Å². The number of hydrazine groups is 2. The fraction of sp³-hybridized carbons (Fsp3) is 0.143. The van der Waals surface area contributed by atoms with Gasteiger partial charge in [-0.2, -0.15) is 5.12 Å². The van der Waals surface area contributed by atoms with Crippen molar-refractivity contribution in [3.63, 3.8) is 0 Å². The molecule has 4 nitrogen and oxygen atoms in total. The first kappa shape index (κ1) is 10.8. The number of aryl methyl sites for hydroxylation is 2. The number of phenolic OH excluding ortho intramolecular Hbond substituents is 1. The van der Waals surface area contributed by atoms with Crippen LogP contribution in [0.4, 0.5) is 17.1 Å². The summed E-state index contributed by atoms with van der Waals surface area (Å²) in [5.74, 6) is 0.286. The minimum Gasteiger partial charge on any atom is -0.505 e. The van der Waals surface area contributed by atoms with Crippen LogP contribution in [0, 0.1) is 13.8 Å². The van der Waals surface area contributed by atoms with Crippen LogP contribution in [0.3, 0.4) is 0 Å². The predicted molar refractivity (Wildman–Crippen MR) is 73.7 cm³/mol. The van der Waals surface area contributed by atoms with Gasteiger partial charge in [0.25, 0.3) is 0 Å². The van der Waals surface area contributed by atoms with Crippen molar-refractivity contribution in [2.45, 2.75) is 13.8 Å². The third-order valence-corrected chi connectivity index (χ3v) is 3.06. The molecule has 0 fully saturated rings. The second kappa shape index (κ2) is 3.84. The summed E-state index contributed by atoms with van der Waals surface area (Å²) in [4.78, 5) is 0. The number of benzene rings is 2. The van der Waals surface area contributed by atoms with Gasteiger partial charge in [0.2, 0.25) is 0 Å². The van der Waals surface area contributed by atoms with E-state index in [0.717, 1.165) is 28.2 Å². The van der Waals surface area contributed by atoms with Crippen molar-refractivity contribution >= 4 is 17.1 Å². The number of para-hydroxylation sites is 2. The summed E-state index contributed by atoms with van der Waals surface area (Å²) >= 11 is 0. The Labute approximate surface area is 106 Å². The lowest BCUT2D eigenvalue weighted by Gasteiger charge is -2.21. The molecule has 0 saturated carbocycles. The molecule has 2 aromatic rings. The second-order valence-corrected chi connectivity index (χ2v) is 4.55. The Morgan fingerprint density at radius 1 is 1.00 bits per heavy atom. The van der Waals surface area contributed by atoms with Gasteiger partial charge in [0.05, 0.1) is 11.4 Å². The number of phenols is 1. The smallest absolute Gasteiger partial charge is 0.145 e. The molecular formula is C14H15N3O. The van der Waals surface area contributed by atoms with Gasteiger partial charge in [-0.05, 0) is 43.2 Å². The highest BCUT2D eigenvalue weighted by Crippen LogP contribution is 2.36. The first-order valence-corrected chi connectivity index (χ1v) is 5.88. The van der Waals surface area contributed by atoms with Crippen molar-refractivity contribution in [3.05, 3.63) is 47.5 Å². The van der Waals surface area contributed by atoms with E-state index >= 15 is 0 Å². The third-order valence-electron chi connectivity index (χ3n) is 3.06. The highest BCUT2D eigenvalue weighted by molar-refractivity contribution is 5.81. The van der Waals surface area contributed by atoms with Gasteiger partial charge in [-0.1, -0.05) is 18.2 Å². The Morgan fingerprint density at radius 3 is 2.22 bits per heavy atom. The molecule has 0 radical (unpaired) electrons. The minimum absolute atomic E-state index is 0.286. The van der Waals surface area contributed by atoms with Gasteiger partial charge in [-0.25, -0.2) is 0 Å². The number of nitrogens with zero attached hydrogens (tertiary/aromatic N) is 1. The summed E-state index contributed by atoms with van der Waals surface area (Å²) in [5.41, 5.74) is 11.1.